The Morgan fingerprint density at radius 2 is 1.87 bits per heavy atom. The van der Waals surface area contributed by atoms with Crippen molar-refractivity contribution in [2.45, 2.75) is 0 Å². The fourth-order valence-corrected chi connectivity index (χ4v) is 3.76. The van der Waals surface area contributed by atoms with E-state index in [1.807, 2.05) is 23.1 Å². The summed E-state index contributed by atoms with van der Waals surface area (Å²) in [6, 6.07) is 14.4. The second-order valence-corrected chi connectivity index (χ2v) is 6.49. The lowest BCUT2D eigenvalue weighted by atomic mass is 10.1. The number of carbonyl (C=O) groups excluding carboxylic acids is 1. The predicted molar refractivity (Wildman–Crippen MR) is 91.8 cm³/mol. The quantitative estimate of drug-likeness (QED) is 0.725. The number of hydrogen-bond donors (Lipinski definition) is 0. The van der Waals surface area contributed by atoms with Gasteiger partial charge >= 0.3 is 0 Å². The first kappa shape index (κ1) is 14.4. The van der Waals surface area contributed by atoms with Crippen LogP contribution in [0.15, 0.2) is 48.7 Å². The van der Waals surface area contributed by atoms with Gasteiger partial charge < -0.3 is 9.64 Å². The van der Waals surface area contributed by atoms with Crippen LogP contribution in [0.2, 0.25) is 0 Å². The van der Waals surface area contributed by atoms with Crippen LogP contribution in [-0.2, 0) is 4.74 Å². The summed E-state index contributed by atoms with van der Waals surface area (Å²) in [7, 11) is 0. The molecule has 1 saturated heterocycles. The Bertz CT molecular complexity index is 848. The number of aromatic nitrogens is 1. The number of nitrogens with zero attached hydrogens (tertiary/aromatic N) is 2. The molecule has 2 aromatic carbocycles. The van der Waals surface area contributed by atoms with Crippen molar-refractivity contribution in [3.05, 3.63) is 53.5 Å². The summed E-state index contributed by atoms with van der Waals surface area (Å²) in [4.78, 5) is 19.6. The van der Waals surface area contributed by atoms with E-state index in [0.717, 1.165) is 16.0 Å². The van der Waals surface area contributed by atoms with Gasteiger partial charge in [-0.05, 0) is 10.8 Å². The molecule has 0 saturated carbocycles. The van der Waals surface area contributed by atoms with E-state index in [4.69, 9.17) is 4.74 Å². The topological polar surface area (TPSA) is 42.4 Å². The highest BCUT2D eigenvalue weighted by Crippen LogP contribution is 2.32. The van der Waals surface area contributed by atoms with Crippen LogP contribution in [0.5, 0.6) is 0 Å². The number of morpholine rings is 1. The van der Waals surface area contributed by atoms with Gasteiger partial charge in [0.1, 0.15) is 9.88 Å². The number of benzene rings is 2. The number of carbonyl (C=O) groups is 1. The van der Waals surface area contributed by atoms with Crippen LogP contribution in [0.25, 0.3) is 21.3 Å². The maximum atomic E-state index is 12.5. The van der Waals surface area contributed by atoms with Crippen LogP contribution in [-0.4, -0.2) is 42.1 Å². The molecule has 2 heterocycles. The van der Waals surface area contributed by atoms with E-state index < -0.39 is 0 Å². The number of ether oxygens (including phenoxy) is 1. The number of thiazole rings is 1. The molecule has 0 bridgehead atoms. The molecule has 0 atom stereocenters. The molecule has 4 rings (SSSR count). The van der Waals surface area contributed by atoms with Crippen molar-refractivity contribution in [3.8, 4) is 10.6 Å². The lowest BCUT2D eigenvalue weighted by Gasteiger charge is -2.26. The third-order valence-electron chi connectivity index (χ3n) is 4.03. The minimum atomic E-state index is 0.0530. The Kier molecular flexibility index (Phi) is 3.81. The molecule has 0 unspecified atom stereocenters. The van der Waals surface area contributed by atoms with Gasteiger partial charge in [-0.25, -0.2) is 4.98 Å². The van der Waals surface area contributed by atoms with Crippen molar-refractivity contribution in [2.75, 3.05) is 26.3 Å². The first-order chi connectivity index (χ1) is 11.3. The van der Waals surface area contributed by atoms with Crippen molar-refractivity contribution < 1.29 is 9.53 Å². The van der Waals surface area contributed by atoms with Crippen molar-refractivity contribution in [1.82, 2.24) is 9.88 Å². The highest BCUT2D eigenvalue weighted by atomic mass is 32.1. The Morgan fingerprint density at radius 1 is 1.09 bits per heavy atom. The highest BCUT2D eigenvalue weighted by Gasteiger charge is 2.21. The molecule has 1 aromatic heterocycles. The number of fused-ring (bicyclic) bond motifs is 1. The van der Waals surface area contributed by atoms with Gasteiger partial charge in [-0.3, -0.25) is 4.79 Å². The van der Waals surface area contributed by atoms with E-state index in [-0.39, 0.29) is 5.91 Å². The van der Waals surface area contributed by atoms with E-state index >= 15 is 0 Å². The molecule has 4 nitrogen and oxygen atoms in total. The third-order valence-corrected chi connectivity index (χ3v) is 5.05. The molecule has 1 aliphatic rings. The Labute approximate surface area is 138 Å². The first-order valence-electron chi connectivity index (χ1n) is 7.64. The molecule has 116 valence electrons. The monoisotopic (exact) mass is 324 g/mol. The summed E-state index contributed by atoms with van der Waals surface area (Å²) >= 11 is 1.46. The average molecular weight is 324 g/mol. The summed E-state index contributed by atoms with van der Waals surface area (Å²) in [5.74, 6) is 0.0530. The zero-order chi connectivity index (χ0) is 15.6. The molecule has 5 heteroatoms. The van der Waals surface area contributed by atoms with Crippen LogP contribution in [0.4, 0.5) is 0 Å². The summed E-state index contributed by atoms with van der Waals surface area (Å²) in [5, 5.41) is 3.23. The standard InChI is InChI=1S/C18H16N2O2S/c21-18(20-8-10-22-11-9-20)16-12-19-17(23-16)15-7-3-5-13-4-1-2-6-14(13)15/h1-7,12H,8-11H2. The first-order valence-corrected chi connectivity index (χ1v) is 8.45. The van der Waals surface area contributed by atoms with Crippen LogP contribution in [0, 0.1) is 0 Å². The van der Waals surface area contributed by atoms with E-state index in [1.54, 1.807) is 6.20 Å². The Morgan fingerprint density at radius 3 is 2.74 bits per heavy atom. The second kappa shape index (κ2) is 6.10. The molecule has 3 aromatic rings. The number of rotatable bonds is 2. The van der Waals surface area contributed by atoms with Crippen LogP contribution < -0.4 is 0 Å². The fraction of sp³-hybridized carbons (Fsp3) is 0.222. The SMILES string of the molecule is O=C(c1cnc(-c2cccc3ccccc23)s1)N1CCOCC1. The Balaban J connectivity index is 1.68. The van der Waals surface area contributed by atoms with Gasteiger partial charge in [0.2, 0.25) is 0 Å². The lowest BCUT2D eigenvalue weighted by Crippen LogP contribution is -2.40. The maximum Gasteiger partial charge on any atom is 0.265 e. The molecular formula is C18H16N2O2S. The van der Waals surface area contributed by atoms with Gasteiger partial charge in [0.25, 0.3) is 5.91 Å². The summed E-state index contributed by atoms with van der Waals surface area (Å²) in [6.07, 6.45) is 1.69. The van der Waals surface area contributed by atoms with Gasteiger partial charge in [0.15, 0.2) is 0 Å². The van der Waals surface area contributed by atoms with Crippen LogP contribution in [0.1, 0.15) is 9.67 Å². The van der Waals surface area contributed by atoms with Crippen molar-refractivity contribution >= 4 is 28.0 Å². The van der Waals surface area contributed by atoms with Crippen molar-refractivity contribution in [3.63, 3.8) is 0 Å². The second-order valence-electron chi connectivity index (χ2n) is 5.46. The summed E-state index contributed by atoms with van der Waals surface area (Å²) < 4.78 is 5.30. The molecule has 23 heavy (non-hydrogen) atoms. The molecular weight excluding hydrogens is 308 g/mol. The highest BCUT2D eigenvalue weighted by molar-refractivity contribution is 7.17. The third kappa shape index (κ3) is 2.73. The van der Waals surface area contributed by atoms with E-state index in [9.17, 15) is 4.79 Å². The lowest BCUT2D eigenvalue weighted by molar-refractivity contribution is 0.0306. The number of hydrogen-bond acceptors (Lipinski definition) is 4. The van der Waals surface area contributed by atoms with Gasteiger partial charge in [-0.15, -0.1) is 11.3 Å². The zero-order valence-corrected chi connectivity index (χ0v) is 13.4. The van der Waals surface area contributed by atoms with Crippen molar-refractivity contribution in [2.24, 2.45) is 0 Å². The summed E-state index contributed by atoms with van der Waals surface area (Å²) in [6.45, 7) is 2.53. The predicted octanol–water partition coefficient (Wildman–Crippen LogP) is 3.44. The summed E-state index contributed by atoms with van der Waals surface area (Å²) in [5.41, 5.74) is 1.08. The molecule has 0 aliphatic carbocycles. The largest absolute Gasteiger partial charge is 0.378 e. The maximum absolute atomic E-state index is 12.5. The minimum absolute atomic E-state index is 0.0530. The molecule has 1 fully saturated rings. The minimum Gasteiger partial charge on any atom is -0.378 e. The fourth-order valence-electron chi connectivity index (χ4n) is 2.83. The van der Waals surface area contributed by atoms with Gasteiger partial charge in [-0.2, -0.15) is 0 Å². The smallest absolute Gasteiger partial charge is 0.265 e. The van der Waals surface area contributed by atoms with E-state index in [0.29, 0.717) is 31.2 Å². The number of amides is 1. The van der Waals surface area contributed by atoms with E-state index in [1.165, 1.54) is 16.7 Å². The molecule has 1 aliphatic heterocycles. The Hall–Kier alpha value is -2.24. The van der Waals surface area contributed by atoms with Crippen molar-refractivity contribution in [1.29, 1.82) is 0 Å². The van der Waals surface area contributed by atoms with Gasteiger partial charge in [0, 0.05) is 18.7 Å². The van der Waals surface area contributed by atoms with Crippen LogP contribution >= 0.6 is 11.3 Å². The van der Waals surface area contributed by atoms with Crippen LogP contribution in [0.3, 0.4) is 0 Å². The molecule has 1 amide bonds. The van der Waals surface area contributed by atoms with Gasteiger partial charge in [-0.1, -0.05) is 42.5 Å². The zero-order valence-electron chi connectivity index (χ0n) is 12.6. The average Bonchev–Trinajstić information content (AvgIpc) is 3.11. The van der Waals surface area contributed by atoms with Gasteiger partial charge in [0.05, 0.1) is 19.4 Å². The normalized spacial score (nSPS) is 15.0. The molecule has 0 radical (unpaired) electrons. The molecule has 0 N–H and O–H groups in total. The molecule has 0 spiro atoms. The van der Waals surface area contributed by atoms with E-state index in [2.05, 4.69) is 29.2 Å².